The molecule has 0 bridgehead atoms. The first-order valence-corrected chi connectivity index (χ1v) is 7.89. The summed E-state index contributed by atoms with van der Waals surface area (Å²) in [6.45, 7) is 3.49. The van der Waals surface area contributed by atoms with Crippen molar-refractivity contribution >= 4 is 11.6 Å². The lowest BCUT2D eigenvalue weighted by atomic mass is 10.1. The topological polar surface area (TPSA) is 50.5 Å². The van der Waals surface area contributed by atoms with Crippen LogP contribution in [0, 0.1) is 5.21 Å². The van der Waals surface area contributed by atoms with Crippen LogP contribution < -0.4 is 9.63 Å². The van der Waals surface area contributed by atoms with Gasteiger partial charge in [0.15, 0.2) is 12.4 Å². The van der Waals surface area contributed by atoms with Crippen molar-refractivity contribution in [2.75, 3.05) is 18.5 Å². The van der Waals surface area contributed by atoms with E-state index in [2.05, 4.69) is 31.0 Å². The van der Waals surface area contributed by atoms with Crippen molar-refractivity contribution in [2.45, 2.75) is 25.9 Å². The van der Waals surface area contributed by atoms with Crippen LogP contribution in [0.4, 0.5) is 5.69 Å². The molecule has 3 rings (SSSR count). The molecular weight excluding hydrogens is 290 g/mol. The van der Waals surface area contributed by atoms with Gasteiger partial charge in [-0.25, -0.2) is 0 Å². The SMILES string of the molecule is CC[C@@H]1CN(C)c2ccccc2CN1C(=O)c1cc[n+]([O-])cc1. The third-order valence-electron chi connectivity index (χ3n) is 4.45. The molecule has 0 saturated heterocycles. The Hall–Kier alpha value is -2.56. The molecule has 5 heteroatoms. The normalized spacial score (nSPS) is 17.6. The van der Waals surface area contributed by atoms with Crippen LogP contribution in [0.1, 0.15) is 29.3 Å². The molecule has 1 aliphatic heterocycles. The molecule has 0 N–H and O–H groups in total. The van der Waals surface area contributed by atoms with Crippen molar-refractivity contribution in [3.05, 3.63) is 65.1 Å². The predicted octanol–water partition coefficient (Wildman–Crippen LogP) is 2.19. The van der Waals surface area contributed by atoms with Gasteiger partial charge in [0.2, 0.25) is 0 Å². The monoisotopic (exact) mass is 311 g/mol. The van der Waals surface area contributed by atoms with E-state index in [0.717, 1.165) is 18.5 Å². The van der Waals surface area contributed by atoms with Crippen LogP contribution in [0.15, 0.2) is 48.8 Å². The van der Waals surface area contributed by atoms with Crippen molar-refractivity contribution in [3.63, 3.8) is 0 Å². The van der Waals surface area contributed by atoms with E-state index in [1.54, 1.807) is 12.1 Å². The number of aromatic nitrogens is 1. The summed E-state index contributed by atoms with van der Waals surface area (Å²) in [5.74, 6) is -0.0254. The number of carbonyl (C=O) groups excluding carboxylic acids is 1. The Morgan fingerprint density at radius 2 is 1.96 bits per heavy atom. The first-order valence-electron chi connectivity index (χ1n) is 7.89. The van der Waals surface area contributed by atoms with E-state index >= 15 is 0 Å². The van der Waals surface area contributed by atoms with Gasteiger partial charge in [0, 0.05) is 44.0 Å². The van der Waals surface area contributed by atoms with Crippen LogP contribution in [0.3, 0.4) is 0 Å². The maximum absolute atomic E-state index is 12.9. The van der Waals surface area contributed by atoms with Crippen LogP contribution >= 0.6 is 0 Å². The number of nitrogens with zero attached hydrogens (tertiary/aromatic N) is 3. The van der Waals surface area contributed by atoms with Crippen LogP contribution in [0.2, 0.25) is 0 Å². The standard InChI is InChI=1S/C18H21N3O2/c1-3-16-13-19(2)17-7-5-4-6-15(17)12-21(16)18(22)14-8-10-20(23)11-9-14/h4-11,16H,3,12-13H2,1-2H3/t16-/m1/s1. The number of anilines is 1. The maximum atomic E-state index is 12.9. The van der Waals surface area contributed by atoms with Gasteiger partial charge in [0.1, 0.15) is 0 Å². The zero-order valence-corrected chi connectivity index (χ0v) is 13.5. The maximum Gasteiger partial charge on any atom is 0.254 e. The fraction of sp³-hybridized carbons (Fsp3) is 0.333. The molecule has 1 aliphatic rings. The number of para-hydroxylation sites is 1. The number of pyridine rings is 1. The first-order chi connectivity index (χ1) is 11.1. The summed E-state index contributed by atoms with van der Waals surface area (Å²) >= 11 is 0. The molecule has 0 aliphatic carbocycles. The second kappa shape index (κ2) is 6.28. The lowest BCUT2D eigenvalue weighted by Gasteiger charge is -2.30. The van der Waals surface area contributed by atoms with E-state index in [1.165, 1.54) is 18.1 Å². The third kappa shape index (κ3) is 2.99. The highest BCUT2D eigenvalue weighted by atomic mass is 16.5. The van der Waals surface area contributed by atoms with Crippen LogP contribution in [0.5, 0.6) is 0 Å². The third-order valence-corrected chi connectivity index (χ3v) is 4.45. The zero-order chi connectivity index (χ0) is 16.4. The summed E-state index contributed by atoms with van der Waals surface area (Å²) in [5, 5.41) is 11.2. The van der Waals surface area contributed by atoms with E-state index in [4.69, 9.17) is 0 Å². The highest BCUT2D eigenvalue weighted by Gasteiger charge is 2.29. The zero-order valence-electron chi connectivity index (χ0n) is 13.5. The Labute approximate surface area is 136 Å². The Kier molecular flexibility index (Phi) is 4.19. The van der Waals surface area contributed by atoms with Gasteiger partial charge in [-0.3, -0.25) is 4.79 Å². The molecule has 2 aromatic rings. The quantitative estimate of drug-likeness (QED) is 0.631. The largest absolute Gasteiger partial charge is 0.619 e. The summed E-state index contributed by atoms with van der Waals surface area (Å²) in [5.41, 5.74) is 2.87. The number of benzene rings is 1. The smallest absolute Gasteiger partial charge is 0.254 e. The van der Waals surface area contributed by atoms with E-state index in [1.807, 2.05) is 17.0 Å². The van der Waals surface area contributed by atoms with Crippen LogP contribution in [-0.2, 0) is 6.54 Å². The highest BCUT2D eigenvalue weighted by Crippen LogP contribution is 2.27. The number of carbonyl (C=O) groups is 1. The lowest BCUT2D eigenvalue weighted by Crippen LogP contribution is -2.43. The van der Waals surface area contributed by atoms with Gasteiger partial charge < -0.3 is 15.0 Å². The van der Waals surface area contributed by atoms with E-state index < -0.39 is 0 Å². The minimum absolute atomic E-state index is 0.0254. The number of hydrogen-bond acceptors (Lipinski definition) is 3. The van der Waals surface area contributed by atoms with Crippen LogP contribution in [-0.4, -0.2) is 30.4 Å². The van der Waals surface area contributed by atoms with Crippen molar-refractivity contribution < 1.29 is 9.52 Å². The molecule has 0 unspecified atom stereocenters. The average Bonchev–Trinajstić information content (AvgIpc) is 2.72. The van der Waals surface area contributed by atoms with Gasteiger partial charge in [0.05, 0.1) is 5.56 Å². The van der Waals surface area contributed by atoms with Crippen molar-refractivity contribution in [1.82, 2.24) is 4.90 Å². The molecule has 1 amide bonds. The van der Waals surface area contributed by atoms with Gasteiger partial charge in [-0.2, -0.15) is 4.73 Å². The van der Waals surface area contributed by atoms with Crippen molar-refractivity contribution in [1.29, 1.82) is 0 Å². The molecule has 1 aromatic heterocycles. The fourth-order valence-electron chi connectivity index (χ4n) is 3.15. The van der Waals surface area contributed by atoms with E-state index in [-0.39, 0.29) is 11.9 Å². The number of rotatable bonds is 2. The number of fused-ring (bicyclic) bond motifs is 1. The fourth-order valence-corrected chi connectivity index (χ4v) is 3.15. The Morgan fingerprint density at radius 3 is 2.65 bits per heavy atom. The summed E-state index contributed by atoms with van der Waals surface area (Å²) in [4.78, 5) is 17.1. The molecule has 0 radical (unpaired) electrons. The molecule has 0 fully saturated rings. The minimum atomic E-state index is -0.0254. The summed E-state index contributed by atoms with van der Waals surface area (Å²) < 4.78 is 0.694. The molecule has 2 heterocycles. The highest BCUT2D eigenvalue weighted by molar-refractivity contribution is 5.94. The summed E-state index contributed by atoms with van der Waals surface area (Å²) in [6, 6.07) is 11.5. The van der Waals surface area contributed by atoms with Crippen LogP contribution in [0.25, 0.3) is 0 Å². The molecule has 1 atom stereocenters. The second-order valence-electron chi connectivity index (χ2n) is 5.95. The average molecular weight is 311 g/mol. The Morgan fingerprint density at radius 1 is 1.26 bits per heavy atom. The molecule has 5 nitrogen and oxygen atoms in total. The molecule has 0 saturated carbocycles. The van der Waals surface area contributed by atoms with E-state index in [9.17, 15) is 10.0 Å². The molecule has 120 valence electrons. The summed E-state index contributed by atoms with van der Waals surface area (Å²) in [6.07, 6.45) is 3.62. The van der Waals surface area contributed by atoms with Crippen molar-refractivity contribution in [2.24, 2.45) is 0 Å². The predicted molar refractivity (Wildman–Crippen MR) is 89.1 cm³/mol. The number of amides is 1. The lowest BCUT2D eigenvalue weighted by molar-refractivity contribution is -0.605. The summed E-state index contributed by atoms with van der Waals surface area (Å²) in [7, 11) is 2.07. The molecular formula is C18H21N3O2. The van der Waals surface area contributed by atoms with Crippen molar-refractivity contribution in [3.8, 4) is 0 Å². The van der Waals surface area contributed by atoms with E-state index in [0.29, 0.717) is 16.8 Å². The number of hydrogen-bond donors (Lipinski definition) is 0. The van der Waals surface area contributed by atoms with Gasteiger partial charge in [-0.1, -0.05) is 25.1 Å². The van der Waals surface area contributed by atoms with Gasteiger partial charge in [-0.15, -0.1) is 0 Å². The molecule has 1 aromatic carbocycles. The molecule has 0 spiro atoms. The molecule has 23 heavy (non-hydrogen) atoms. The van der Waals surface area contributed by atoms with Gasteiger partial charge in [0.25, 0.3) is 5.91 Å². The minimum Gasteiger partial charge on any atom is -0.619 e. The Bertz CT molecular complexity index is 700. The number of likely N-dealkylation sites (N-methyl/N-ethyl adjacent to an activating group) is 1. The second-order valence-corrected chi connectivity index (χ2v) is 5.95. The van der Waals surface area contributed by atoms with Gasteiger partial charge in [-0.05, 0) is 18.1 Å². The Balaban J connectivity index is 1.96. The van der Waals surface area contributed by atoms with Gasteiger partial charge >= 0.3 is 0 Å². The first kappa shape index (κ1) is 15.3.